The Balaban J connectivity index is 1.63. The van der Waals surface area contributed by atoms with Crippen molar-refractivity contribution in [2.75, 3.05) is 6.54 Å². The van der Waals surface area contributed by atoms with Crippen LogP contribution in [0.4, 0.5) is 0 Å². The summed E-state index contributed by atoms with van der Waals surface area (Å²) in [4.78, 5) is 35.3. The summed E-state index contributed by atoms with van der Waals surface area (Å²) in [6.45, 7) is -0.358. The average molecular weight is 448 g/mol. The molecule has 0 unspecified atom stereocenters. The zero-order valence-electron chi connectivity index (χ0n) is 17.2. The monoisotopic (exact) mass is 447 g/mol. The molecule has 0 radical (unpaired) electrons. The van der Waals surface area contributed by atoms with E-state index in [1.807, 2.05) is 48.5 Å². The summed E-state index contributed by atoms with van der Waals surface area (Å²) in [5.74, 6) is -0.968. The van der Waals surface area contributed by atoms with Gasteiger partial charge >= 0.3 is 5.97 Å². The predicted octanol–water partition coefficient (Wildman–Crippen LogP) is 4.01. The van der Waals surface area contributed by atoms with Crippen LogP contribution < -0.4 is 0 Å². The first-order valence-corrected chi connectivity index (χ1v) is 11.4. The molecule has 0 spiro atoms. The van der Waals surface area contributed by atoms with E-state index in [9.17, 15) is 14.7 Å². The number of amides is 1. The Labute approximate surface area is 188 Å². The highest BCUT2D eigenvalue weighted by atomic mass is 32.1. The first-order valence-electron chi connectivity index (χ1n) is 10.5. The van der Waals surface area contributed by atoms with E-state index in [-0.39, 0.29) is 18.4 Å². The number of carboxylic acid groups (broad SMARTS) is 1. The molecule has 2 heterocycles. The number of aromatic nitrogens is 4. The summed E-state index contributed by atoms with van der Waals surface area (Å²) in [6.07, 6.45) is 3.56. The lowest BCUT2D eigenvalue weighted by molar-refractivity contribution is -0.138. The van der Waals surface area contributed by atoms with E-state index >= 15 is 0 Å². The maximum absolute atomic E-state index is 13.4. The summed E-state index contributed by atoms with van der Waals surface area (Å²) in [7, 11) is 0. The van der Waals surface area contributed by atoms with Crippen molar-refractivity contribution in [1.82, 2.24) is 24.6 Å². The number of benzene rings is 2. The van der Waals surface area contributed by atoms with Gasteiger partial charge in [-0.05, 0) is 25.0 Å². The topological polar surface area (TPSA) is 101 Å². The number of hydrogen-bond donors (Lipinski definition) is 1. The fourth-order valence-electron chi connectivity index (χ4n) is 4.24. The predicted molar refractivity (Wildman–Crippen MR) is 121 cm³/mol. The van der Waals surface area contributed by atoms with Gasteiger partial charge in [0, 0.05) is 11.6 Å². The van der Waals surface area contributed by atoms with Crippen LogP contribution in [-0.2, 0) is 4.79 Å². The third-order valence-corrected chi connectivity index (χ3v) is 6.59. The normalized spacial score (nSPS) is 14.1. The highest BCUT2D eigenvalue weighted by molar-refractivity contribution is 7.17. The van der Waals surface area contributed by atoms with Crippen LogP contribution in [-0.4, -0.2) is 54.2 Å². The van der Waals surface area contributed by atoms with Gasteiger partial charge in [-0.3, -0.25) is 9.59 Å². The van der Waals surface area contributed by atoms with E-state index in [0.29, 0.717) is 5.82 Å². The fourth-order valence-corrected chi connectivity index (χ4v) is 5.03. The smallest absolute Gasteiger partial charge is 0.323 e. The van der Waals surface area contributed by atoms with Gasteiger partial charge in [0.1, 0.15) is 6.54 Å². The fraction of sp³-hybridized carbons (Fsp3) is 0.261. The van der Waals surface area contributed by atoms with Crippen LogP contribution in [0.1, 0.15) is 36.3 Å². The van der Waals surface area contributed by atoms with Crippen LogP contribution in [0.2, 0.25) is 0 Å². The Morgan fingerprint density at radius 3 is 2.62 bits per heavy atom. The van der Waals surface area contributed by atoms with Crippen molar-refractivity contribution < 1.29 is 14.7 Å². The Morgan fingerprint density at radius 1 is 1.09 bits per heavy atom. The van der Waals surface area contributed by atoms with Crippen LogP contribution in [0, 0.1) is 0 Å². The summed E-state index contributed by atoms with van der Waals surface area (Å²) >= 11 is 1.49. The SMILES string of the molecule is O=C(O)CN(C(=O)c1nc(-c2ccccc2)n(-c2cccc3ncsc23)n1)C1CCCC1. The zero-order chi connectivity index (χ0) is 22.1. The molecule has 5 rings (SSSR count). The molecule has 1 aliphatic carbocycles. The van der Waals surface area contributed by atoms with E-state index in [1.54, 1.807) is 10.2 Å². The largest absolute Gasteiger partial charge is 0.480 e. The summed E-state index contributed by atoms with van der Waals surface area (Å²) in [5.41, 5.74) is 4.20. The van der Waals surface area contributed by atoms with Gasteiger partial charge in [-0.25, -0.2) is 14.6 Å². The molecular weight excluding hydrogens is 426 g/mol. The Bertz CT molecular complexity index is 1280. The van der Waals surface area contributed by atoms with Gasteiger partial charge in [0.2, 0.25) is 5.82 Å². The molecule has 1 amide bonds. The standard InChI is InChI=1S/C23H21N5O3S/c29-19(30)13-27(16-9-4-5-10-16)23(31)21-25-22(15-7-2-1-3-8-15)28(26-21)18-12-6-11-17-20(18)32-14-24-17/h1-3,6-8,11-12,14,16H,4-5,9-10,13H2,(H,29,30). The van der Waals surface area contributed by atoms with Crippen LogP contribution in [0.25, 0.3) is 27.3 Å². The zero-order valence-corrected chi connectivity index (χ0v) is 18.0. The molecule has 1 aliphatic rings. The van der Waals surface area contributed by atoms with Crippen LogP contribution >= 0.6 is 11.3 Å². The van der Waals surface area contributed by atoms with Gasteiger partial charge in [0.15, 0.2) is 5.82 Å². The van der Waals surface area contributed by atoms with Crippen molar-refractivity contribution >= 4 is 33.4 Å². The molecule has 0 aliphatic heterocycles. The Hall–Kier alpha value is -3.59. The highest BCUT2D eigenvalue weighted by Gasteiger charge is 2.32. The molecule has 0 bridgehead atoms. The third-order valence-electron chi connectivity index (χ3n) is 5.73. The van der Waals surface area contributed by atoms with Crippen LogP contribution in [0.5, 0.6) is 0 Å². The number of nitrogens with zero attached hydrogens (tertiary/aromatic N) is 5. The molecular formula is C23H21N5O3S. The first-order chi connectivity index (χ1) is 15.6. The third kappa shape index (κ3) is 3.75. The molecule has 0 atom stereocenters. The number of rotatable bonds is 6. The Morgan fingerprint density at radius 2 is 1.88 bits per heavy atom. The molecule has 2 aromatic carbocycles. The Kier molecular flexibility index (Phi) is 5.40. The van der Waals surface area contributed by atoms with Crippen LogP contribution in [0.15, 0.2) is 54.0 Å². The van der Waals surface area contributed by atoms with E-state index in [1.165, 1.54) is 16.2 Å². The number of aliphatic carboxylic acids is 1. The lowest BCUT2D eigenvalue weighted by atomic mass is 10.2. The number of carbonyl (C=O) groups is 2. The van der Waals surface area contributed by atoms with E-state index < -0.39 is 11.9 Å². The van der Waals surface area contributed by atoms with E-state index in [0.717, 1.165) is 47.2 Å². The molecule has 1 saturated carbocycles. The summed E-state index contributed by atoms with van der Waals surface area (Å²) in [5, 5.41) is 14.0. The van der Waals surface area contributed by atoms with E-state index in [2.05, 4.69) is 15.1 Å². The second-order valence-corrected chi connectivity index (χ2v) is 8.63. The van der Waals surface area contributed by atoms with Crippen molar-refractivity contribution in [2.24, 2.45) is 0 Å². The van der Waals surface area contributed by atoms with Gasteiger partial charge < -0.3 is 10.0 Å². The molecule has 4 aromatic rings. The van der Waals surface area contributed by atoms with Gasteiger partial charge in [0.05, 0.1) is 21.4 Å². The van der Waals surface area contributed by atoms with Crippen molar-refractivity contribution in [2.45, 2.75) is 31.7 Å². The molecule has 2 aromatic heterocycles. The van der Waals surface area contributed by atoms with Crippen LogP contribution in [0.3, 0.4) is 0 Å². The number of carbonyl (C=O) groups excluding carboxylic acids is 1. The maximum Gasteiger partial charge on any atom is 0.323 e. The molecule has 32 heavy (non-hydrogen) atoms. The van der Waals surface area contributed by atoms with Crippen molar-refractivity contribution in [3.05, 3.63) is 59.9 Å². The van der Waals surface area contributed by atoms with Gasteiger partial charge in [-0.1, -0.05) is 49.2 Å². The molecule has 0 saturated heterocycles. The van der Waals surface area contributed by atoms with Gasteiger partial charge in [-0.2, -0.15) is 0 Å². The number of hydrogen-bond acceptors (Lipinski definition) is 6. The molecule has 1 N–H and O–H groups in total. The second kappa shape index (κ2) is 8.51. The highest BCUT2D eigenvalue weighted by Crippen LogP contribution is 2.30. The lowest BCUT2D eigenvalue weighted by Gasteiger charge is -2.26. The molecule has 1 fully saturated rings. The summed E-state index contributed by atoms with van der Waals surface area (Å²) in [6, 6.07) is 15.2. The number of carboxylic acids is 1. The molecule has 8 nitrogen and oxygen atoms in total. The summed E-state index contributed by atoms with van der Waals surface area (Å²) < 4.78 is 2.60. The van der Waals surface area contributed by atoms with Crippen molar-refractivity contribution in [1.29, 1.82) is 0 Å². The number of fused-ring (bicyclic) bond motifs is 1. The first kappa shape index (κ1) is 20.3. The van der Waals surface area contributed by atoms with Gasteiger partial charge in [0.25, 0.3) is 5.91 Å². The second-order valence-electron chi connectivity index (χ2n) is 7.78. The van der Waals surface area contributed by atoms with E-state index in [4.69, 9.17) is 0 Å². The van der Waals surface area contributed by atoms with Crippen molar-refractivity contribution in [3.8, 4) is 17.1 Å². The van der Waals surface area contributed by atoms with Crippen molar-refractivity contribution in [3.63, 3.8) is 0 Å². The maximum atomic E-state index is 13.4. The molecule has 162 valence electrons. The van der Waals surface area contributed by atoms with Gasteiger partial charge in [-0.15, -0.1) is 16.4 Å². The average Bonchev–Trinajstić information content (AvgIpc) is 3.57. The minimum absolute atomic E-state index is 0.00137. The lowest BCUT2D eigenvalue weighted by Crippen LogP contribution is -2.42. The number of thiazole rings is 1. The molecule has 9 heteroatoms. The minimum atomic E-state index is -1.04. The quantitative estimate of drug-likeness (QED) is 0.479. The minimum Gasteiger partial charge on any atom is -0.480 e.